The number of hydrogen-bond acceptors (Lipinski definition) is 3. The van der Waals surface area contributed by atoms with Gasteiger partial charge in [-0.25, -0.2) is 0 Å². The Bertz CT molecular complexity index is 271. The third-order valence-corrected chi connectivity index (χ3v) is 3.80. The van der Waals surface area contributed by atoms with Gasteiger partial charge in [-0.3, -0.25) is 9.69 Å². The first-order valence-electron chi connectivity index (χ1n) is 8.06. The van der Waals surface area contributed by atoms with E-state index in [-0.39, 0.29) is 18.4 Å². The van der Waals surface area contributed by atoms with Crippen LogP contribution in [-0.2, 0) is 14.3 Å². The lowest BCUT2D eigenvalue weighted by atomic mass is 10.1. The Hall–Kier alpha value is -0.870. The molecule has 0 saturated carbocycles. The van der Waals surface area contributed by atoms with Crippen molar-refractivity contribution in [1.29, 1.82) is 0 Å². The summed E-state index contributed by atoms with van der Waals surface area (Å²) in [5.41, 5.74) is 0. The predicted octanol–water partition coefficient (Wildman–Crippen LogP) is 4.11. The van der Waals surface area contributed by atoms with Crippen LogP contribution in [0.4, 0.5) is 0 Å². The molecule has 2 atom stereocenters. The molecule has 0 aliphatic rings. The van der Waals surface area contributed by atoms with Crippen molar-refractivity contribution in [3.05, 3.63) is 12.7 Å². The molecule has 0 aromatic rings. The van der Waals surface area contributed by atoms with Gasteiger partial charge in [-0.1, -0.05) is 31.8 Å². The van der Waals surface area contributed by atoms with Crippen LogP contribution in [0.25, 0.3) is 0 Å². The minimum atomic E-state index is -0.258. The van der Waals surface area contributed by atoms with Crippen molar-refractivity contribution < 1.29 is 14.3 Å². The molecule has 4 heteroatoms. The third kappa shape index (κ3) is 8.89. The topological polar surface area (TPSA) is 38.8 Å². The molecule has 1 amide bonds. The van der Waals surface area contributed by atoms with Gasteiger partial charge in [0.25, 0.3) is 0 Å². The molecule has 0 bridgehead atoms. The zero-order valence-corrected chi connectivity index (χ0v) is 14.3. The van der Waals surface area contributed by atoms with Gasteiger partial charge in [-0.05, 0) is 33.1 Å². The van der Waals surface area contributed by atoms with Crippen molar-refractivity contribution >= 4 is 5.91 Å². The fraction of sp³-hybridized carbons (Fsp3) is 0.824. The molecule has 124 valence electrons. The van der Waals surface area contributed by atoms with Crippen LogP contribution in [-0.4, -0.2) is 37.5 Å². The van der Waals surface area contributed by atoms with Gasteiger partial charge in [0, 0.05) is 20.6 Å². The molecule has 0 aromatic carbocycles. The van der Waals surface area contributed by atoms with E-state index in [4.69, 9.17) is 9.47 Å². The largest absolute Gasteiger partial charge is 0.362 e. The molecule has 4 nitrogen and oxygen atoms in total. The van der Waals surface area contributed by atoms with Gasteiger partial charge in [-0.2, -0.15) is 0 Å². The van der Waals surface area contributed by atoms with Gasteiger partial charge >= 0.3 is 0 Å². The summed E-state index contributed by atoms with van der Waals surface area (Å²) in [6.45, 7) is 7.46. The summed E-state index contributed by atoms with van der Waals surface area (Å²) in [5, 5.41) is 0. The molecular weight excluding hydrogens is 266 g/mol. The van der Waals surface area contributed by atoms with Crippen molar-refractivity contribution in [2.45, 2.75) is 77.7 Å². The summed E-state index contributed by atoms with van der Waals surface area (Å²) < 4.78 is 10.5. The molecule has 0 saturated heterocycles. The van der Waals surface area contributed by atoms with Gasteiger partial charge in [0.15, 0.2) is 0 Å². The molecule has 0 radical (unpaired) electrons. The summed E-state index contributed by atoms with van der Waals surface area (Å²) in [5.74, 6) is 0.102. The van der Waals surface area contributed by atoms with E-state index in [1.807, 2.05) is 19.9 Å². The fourth-order valence-electron chi connectivity index (χ4n) is 2.33. The molecule has 21 heavy (non-hydrogen) atoms. The summed E-state index contributed by atoms with van der Waals surface area (Å²) in [6.07, 6.45) is 10.1. The van der Waals surface area contributed by atoms with E-state index in [2.05, 4.69) is 6.58 Å². The van der Waals surface area contributed by atoms with Gasteiger partial charge in [-0.15, -0.1) is 6.58 Å². The van der Waals surface area contributed by atoms with Crippen molar-refractivity contribution in [3.8, 4) is 0 Å². The SMILES string of the molecule is C=CCCCCCCCCC(=O)N(C(C)OC)C(C)OC. The van der Waals surface area contributed by atoms with Gasteiger partial charge in [0.1, 0.15) is 12.5 Å². The molecule has 0 fully saturated rings. The van der Waals surface area contributed by atoms with E-state index in [9.17, 15) is 4.79 Å². The number of carbonyl (C=O) groups excluding carboxylic acids is 1. The molecular formula is C17H33NO3. The molecule has 0 heterocycles. The number of nitrogens with zero attached hydrogens (tertiary/aromatic N) is 1. The molecule has 0 N–H and O–H groups in total. The summed E-state index contributed by atoms with van der Waals surface area (Å²) in [7, 11) is 3.22. The summed E-state index contributed by atoms with van der Waals surface area (Å²) >= 11 is 0. The van der Waals surface area contributed by atoms with E-state index >= 15 is 0 Å². The average molecular weight is 299 g/mol. The average Bonchev–Trinajstić information content (AvgIpc) is 2.49. The van der Waals surface area contributed by atoms with E-state index in [0.717, 1.165) is 19.3 Å². The van der Waals surface area contributed by atoms with E-state index < -0.39 is 0 Å². The number of methoxy groups -OCH3 is 2. The first kappa shape index (κ1) is 20.1. The van der Waals surface area contributed by atoms with Crippen LogP contribution >= 0.6 is 0 Å². The highest BCUT2D eigenvalue weighted by atomic mass is 16.5. The minimum Gasteiger partial charge on any atom is -0.362 e. The maximum Gasteiger partial charge on any atom is 0.226 e. The maximum atomic E-state index is 12.3. The number of unbranched alkanes of at least 4 members (excludes halogenated alkanes) is 6. The Labute approximate surface area is 130 Å². The number of ether oxygens (including phenoxy) is 2. The van der Waals surface area contributed by atoms with Gasteiger partial charge in [0.05, 0.1) is 0 Å². The zero-order valence-electron chi connectivity index (χ0n) is 14.3. The summed E-state index contributed by atoms with van der Waals surface area (Å²) in [4.78, 5) is 13.9. The van der Waals surface area contributed by atoms with Crippen molar-refractivity contribution in [1.82, 2.24) is 4.90 Å². The van der Waals surface area contributed by atoms with E-state index in [0.29, 0.717) is 6.42 Å². The first-order chi connectivity index (χ1) is 10.1. The lowest BCUT2D eigenvalue weighted by molar-refractivity contribution is -0.164. The van der Waals surface area contributed by atoms with Crippen LogP contribution in [0.2, 0.25) is 0 Å². The molecule has 0 spiro atoms. The molecule has 0 aromatic heterocycles. The second-order valence-corrected chi connectivity index (χ2v) is 5.42. The molecule has 0 aliphatic heterocycles. The second-order valence-electron chi connectivity index (χ2n) is 5.42. The minimum absolute atomic E-state index is 0.102. The zero-order chi connectivity index (χ0) is 16.1. The maximum absolute atomic E-state index is 12.3. The lowest BCUT2D eigenvalue weighted by Crippen LogP contribution is -2.46. The van der Waals surface area contributed by atoms with Crippen LogP contribution in [0.5, 0.6) is 0 Å². The molecule has 2 unspecified atom stereocenters. The Balaban J connectivity index is 3.90. The summed E-state index contributed by atoms with van der Waals surface area (Å²) in [6, 6.07) is 0. The van der Waals surface area contributed by atoms with Gasteiger partial charge < -0.3 is 9.47 Å². The van der Waals surface area contributed by atoms with Crippen molar-refractivity contribution in [3.63, 3.8) is 0 Å². The normalized spacial score (nSPS) is 13.7. The number of hydrogen-bond donors (Lipinski definition) is 0. The van der Waals surface area contributed by atoms with Crippen LogP contribution in [0, 0.1) is 0 Å². The smallest absolute Gasteiger partial charge is 0.226 e. The van der Waals surface area contributed by atoms with Crippen LogP contribution in [0.15, 0.2) is 12.7 Å². The fourth-order valence-corrected chi connectivity index (χ4v) is 2.33. The van der Waals surface area contributed by atoms with Crippen molar-refractivity contribution in [2.24, 2.45) is 0 Å². The van der Waals surface area contributed by atoms with Crippen LogP contribution < -0.4 is 0 Å². The standard InChI is InChI=1S/C17H33NO3/c1-6-7-8-9-10-11-12-13-14-17(19)18(15(2)20-4)16(3)21-5/h6,15-16H,1,7-14H2,2-5H3. The number of rotatable bonds is 13. The first-order valence-corrected chi connectivity index (χ1v) is 8.06. The Kier molecular flexibility index (Phi) is 12.3. The quantitative estimate of drug-likeness (QED) is 0.292. The Morgan fingerprint density at radius 3 is 1.95 bits per heavy atom. The van der Waals surface area contributed by atoms with Crippen molar-refractivity contribution in [2.75, 3.05) is 14.2 Å². The number of allylic oxidation sites excluding steroid dienone is 1. The Morgan fingerprint density at radius 2 is 1.48 bits per heavy atom. The van der Waals surface area contributed by atoms with E-state index in [1.54, 1.807) is 19.1 Å². The monoisotopic (exact) mass is 299 g/mol. The van der Waals surface area contributed by atoms with Crippen LogP contribution in [0.3, 0.4) is 0 Å². The number of carbonyl (C=O) groups is 1. The van der Waals surface area contributed by atoms with E-state index in [1.165, 1.54) is 25.7 Å². The Morgan fingerprint density at radius 1 is 1.00 bits per heavy atom. The second kappa shape index (κ2) is 12.8. The van der Waals surface area contributed by atoms with Crippen LogP contribution in [0.1, 0.15) is 65.2 Å². The lowest BCUT2D eigenvalue weighted by Gasteiger charge is -2.32. The number of amides is 1. The highest BCUT2D eigenvalue weighted by Crippen LogP contribution is 2.13. The highest BCUT2D eigenvalue weighted by Gasteiger charge is 2.24. The molecule has 0 aliphatic carbocycles. The highest BCUT2D eigenvalue weighted by molar-refractivity contribution is 5.76. The third-order valence-electron chi connectivity index (χ3n) is 3.80. The molecule has 0 rings (SSSR count). The van der Waals surface area contributed by atoms with Gasteiger partial charge in [0.2, 0.25) is 5.91 Å². The predicted molar refractivity (Wildman–Crippen MR) is 86.9 cm³/mol.